The maximum atomic E-state index is 12.2. The maximum absolute atomic E-state index is 12.2. The minimum Gasteiger partial charge on any atom is -0.493 e. The van der Waals surface area contributed by atoms with E-state index in [2.05, 4.69) is 5.32 Å². The molecule has 2 rings (SSSR count). The molecule has 7 nitrogen and oxygen atoms in total. The number of amides is 2. The predicted molar refractivity (Wildman–Crippen MR) is 85.7 cm³/mol. The first-order valence-corrected chi connectivity index (χ1v) is 7.68. The zero-order valence-electron chi connectivity index (χ0n) is 13.6. The van der Waals surface area contributed by atoms with E-state index < -0.39 is 0 Å². The van der Waals surface area contributed by atoms with E-state index in [4.69, 9.17) is 15.2 Å². The largest absolute Gasteiger partial charge is 0.493 e. The molecule has 0 spiro atoms. The molecule has 4 N–H and O–H groups in total. The van der Waals surface area contributed by atoms with Crippen LogP contribution in [0.2, 0.25) is 0 Å². The maximum Gasteiger partial charge on any atom is 0.279 e. The van der Waals surface area contributed by atoms with Gasteiger partial charge in [-0.2, -0.15) is 0 Å². The van der Waals surface area contributed by atoms with E-state index in [1.54, 1.807) is 32.4 Å². The third kappa shape index (κ3) is 4.59. The van der Waals surface area contributed by atoms with Gasteiger partial charge in [-0.05, 0) is 25.0 Å². The van der Waals surface area contributed by atoms with Crippen molar-refractivity contribution in [2.45, 2.75) is 12.8 Å². The molecule has 1 unspecified atom stereocenters. The molecule has 1 aliphatic rings. The van der Waals surface area contributed by atoms with Crippen LogP contribution in [-0.2, 0) is 9.59 Å². The van der Waals surface area contributed by atoms with Crippen LogP contribution < -0.4 is 25.4 Å². The molecule has 0 bridgehead atoms. The van der Waals surface area contributed by atoms with Crippen molar-refractivity contribution in [1.29, 1.82) is 0 Å². The smallest absolute Gasteiger partial charge is 0.279 e. The summed E-state index contributed by atoms with van der Waals surface area (Å²) in [6.45, 7) is 1.82. The van der Waals surface area contributed by atoms with Gasteiger partial charge in [-0.15, -0.1) is 0 Å². The Kier molecular flexibility index (Phi) is 5.81. The number of ether oxygens (including phenoxy) is 2. The van der Waals surface area contributed by atoms with Crippen LogP contribution in [0, 0.1) is 5.92 Å². The molecule has 0 aliphatic carbocycles. The zero-order valence-corrected chi connectivity index (χ0v) is 13.6. The lowest BCUT2D eigenvalue weighted by molar-refractivity contribution is -0.899. The highest BCUT2D eigenvalue weighted by Gasteiger charge is 2.28. The molecule has 0 radical (unpaired) electrons. The average Bonchev–Trinajstić information content (AvgIpc) is 2.54. The molecule has 23 heavy (non-hydrogen) atoms. The van der Waals surface area contributed by atoms with Gasteiger partial charge in [-0.3, -0.25) is 9.59 Å². The Morgan fingerprint density at radius 2 is 2.04 bits per heavy atom. The van der Waals surface area contributed by atoms with Crippen LogP contribution in [0.25, 0.3) is 0 Å². The summed E-state index contributed by atoms with van der Waals surface area (Å²) in [6, 6.07) is 5.22. The third-order valence-electron chi connectivity index (χ3n) is 4.10. The molecular weight excluding hydrogens is 298 g/mol. The Bertz CT molecular complexity index is 576. The fraction of sp³-hybridized carbons (Fsp3) is 0.500. The number of carbonyl (C=O) groups excluding carboxylic acids is 2. The highest BCUT2D eigenvalue weighted by molar-refractivity contribution is 5.91. The molecule has 1 aliphatic heterocycles. The van der Waals surface area contributed by atoms with Gasteiger partial charge in [0.1, 0.15) is 0 Å². The monoisotopic (exact) mass is 322 g/mol. The summed E-state index contributed by atoms with van der Waals surface area (Å²) >= 11 is 0. The standard InChI is InChI=1S/C16H23N3O4/c1-22-13-6-5-12(8-14(13)23-2)18-15(20)10-19-7-3-4-11(9-19)16(17)21/h5-6,8,11H,3-4,7,9-10H2,1-2H3,(H2,17,21)(H,18,20)/p+1/t11-/m0/s1. The number of methoxy groups -OCH3 is 2. The van der Waals surface area contributed by atoms with Crippen molar-refractivity contribution in [3.63, 3.8) is 0 Å². The van der Waals surface area contributed by atoms with Crippen LogP contribution in [-0.4, -0.2) is 45.7 Å². The molecular formula is C16H24N3O4+. The summed E-state index contributed by atoms with van der Waals surface area (Å²) in [5, 5.41) is 2.85. The minimum absolute atomic E-state index is 0.0997. The predicted octanol–water partition coefficient (Wildman–Crippen LogP) is -0.577. The Labute approximate surface area is 135 Å². The van der Waals surface area contributed by atoms with Gasteiger partial charge in [0, 0.05) is 11.8 Å². The number of primary amides is 1. The number of hydrogen-bond donors (Lipinski definition) is 3. The molecule has 1 heterocycles. The Balaban J connectivity index is 1.93. The SMILES string of the molecule is COc1ccc(NC(=O)C[NH+]2CCC[C@H](C(N)=O)C2)cc1OC. The fourth-order valence-corrected chi connectivity index (χ4v) is 2.90. The van der Waals surface area contributed by atoms with E-state index >= 15 is 0 Å². The Morgan fingerprint density at radius 1 is 1.30 bits per heavy atom. The average molecular weight is 322 g/mol. The first-order chi connectivity index (χ1) is 11.0. The van der Waals surface area contributed by atoms with Gasteiger partial charge < -0.3 is 25.4 Å². The van der Waals surface area contributed by atoms with E-state index in [0.29, 0.717) is 30.3 Å². The van der Waals surface area contributed by atoms with Gasteiger partial charge in [0.2, 0.25) is 5.91 Å². The Morgan fingerprint density at radius 3 is 2.70 bits per heavy atom. The van der Waals surface area contributed by atoms with Crippen molar-refractivity contribution in [1.82, 2.24) is 0 Å². The van der Waals surface area contributed by atoms with Gasteiger partial charge in [-0.1, -0.05) is 0 Å². The summed E-state index contributed by atoms with van der Waals surface area (Å²) in [5.41, 5.74) is 6.01. The molecule has 1 fully saturated rings. The number of quaternary nitrogens is 1. The zero-order chi connectivity index (χ0) is 16.8. The highest BCUT2D eigenvalue weighted by atomic mass is 16.5. The van der Waals surface area contributed by atoms with E-state index in [0.717, 1.165) is 24.3 Å². The molecule has 2 amide bonds. The van der Waals surface area contributed by atoms with E-state index in [1.807, 2.05) is 0 Å². The lowest BCUT2D eigenvalue weighted by atomic mass is 9.97. The number of rotatable bonds is 6. The van der Waals surface area contributed by atoms with Crippen LogP contribution in [0.15, 0.2) is 18.2 Å². The minimum atomic E-state index is -0.275. The quantitative estimate of drug-likeness (QED) is 0.653. The summed E-state index contributed by atoms with van der Waals surface area (Å²) < 4.78 is 10.4. The van der Waals surface area contributed by atoms with Crippen LogP contribution in [0.1, 0.15) is 12.8 Å². The summed E-state index contributed by atoms with van der Waals surface area (Å²) in [5.74, 6) is 0.660. The topological polar surface area (TPSA) is 95.1 Å². The first kappa shape index (κ1) is 17.1. The van der Waals surface area contributed by atoms with Crippen molar-refractivity contribution in [3.8, 4) is 11.5 Å². The van der Waals surface area contributed by atoms with Crippen molar-refractivity contribution in [2.75, 3.05) is 39.2 Å². The molecule has 0 aromatic heterocycles. The summed E-state index contributed by atoms with van der Waals surface area (Å²) in [4.78, 5) is 24.6. The van der Waals surface area contributed by atoms with Crippen LogP contribution in [0.4, 0.5) is 5.69 Å². The van der Waals surface area contributed by atoms with Gasteiger partial charge in [0.05, 0.1) is 33.2 Å². The van der Waals surface area contributed by atoms with Crippen molar-refractivity contribution in [2.24, 2.45) is 11.7 Å². The number of benzene rings is 1. The fourth-order valence-electron chi connectivity index (χ4n) is 2.90. The normalized spacial score (nSPS) is 20.6. The first-order valence-electron chi connectivity index (χ1n) is 7.68. The number of nitrogens with one attached hydrogen (secondary N) is 2. The van der Waals surface area contributed by atoms with Crippen LogP contribution in [0.3, 0.4) is 0 Å². The molecule has 7 heteroatoms. The molecule has 126 valence electrons. The second-order valence-electron chi connectivity index (χ2n) is 5.74. The summed E-state index contributed by atoms with van der Waals surface area (Å²) in [6.07, 6.45) is 1.72. The number of carbonyl (C=O) groups is 2. The van der Waals surface area contributed by atoms with Crippen molar-refractivity contribution >= 4 is 17.5 Å². The molecule has 1 saturated heterocycles. The lowest BCUT2D eigenvalue weighted by Gasteiger charge is -2.27. The van der Waals surface area contributed by atoms with Gasteiger partial charge >= 0.3 is 0 Å². The second-order valence-corrected chi connectivity index (χ2v) is 5.74. The van der Waals surface area contributed by atoms with E-state index in [9.17, 15) is 9.59 Å². The number of hydrogen-bond acceptors (Lipinski definition) is 4. The van der Waals surface area contributed by atoms with Gasteiger partial charge in [-0.25, -0.2) is 0 Å². The number of anilines is 1. The second kappa shape index (κ2) is 7.82. The van der Waals surface area contributed by atoms with E-state index in [-0.39, 0.29) is 17.7 Å². The van der Waals surface area contributed by atoms with E-state index in [1.165, 1.54) is 0 Å². The molecule has 1 aromatic rings. The van der Waals surface area contributed by atoms with Crippen LogP contribution in [0.5, 0.6) is 11.5 Å². The molecule has 0 saturated carbocycles. The number of likely N-dealkylation sites (tertiary alicyclic amines) is 1. The van der Waals surface area contributed by atoms with Crippen LogP contribution >= 0.6 is 0 Å². The van der Waals surface area contributed by atoms with Gasteiger partial charge in [0.15, 0.2) is 18.0 Å². The highest BCUT2D eigenvalue weighted by Crippen LogP contribution is 2.29. The molecule has 1 aromatic carbocycles. The summed E-state index contributed by atoms with van der Waals surface area (Å²) in [7, 11) is 3.11. The molecule has 2 atom stereocenters. The van der Waals surface area contributed by atoms with Gasteiger partial charge in [0.25, 0.3) is 5.91 Å². The lowest BCUT2D eigenvalue weighted by Crippen LogP contribution is -3.14. The number of piperidine rings is 1. The van der Waals surface area contributed by atoms with Crippen molar-refractivity contribution < 1.29 is 24.0 Å². The van der Waals surface area contributed by atoms with Crippen molar-refractivity contribution in [3.05, 3.63) is 18.2 Å². The Hall–Kier alpha value is -2.28. The number of nitrogens with two attached hydrogens (primary N) is 1. The third-order valence-corrected chi connectivity index (χ3v) is 4.10.